The summed E-state index contributed by atoms with van der Waals surface area (Å²) in [6, 6.07) is 3.25. The lowest BCUT2D eigenvalue weighted by Crippen LogP contribution is -2.42. The molecule has 5 nitrogen and oxygen atoms in total. The lowest BCUT2D eigenvalue weighted by atomic mass is 10.1. The van der Waals surface area contributed by atoms with Crippen LogP contribution in [0.25, 0.3) is 6.08 Å². The molecule has 0 aliphatic carbocycles. The Balaban J connectivity index is 2.31. The van der Waals surface area contributed by atoms with E-state index in [2.05, 4.69) is 4.74 Å². The first-order valence-corrected chi connectivity index (χ1v) is 7.49. The molecular weight excluding hydrogens is 347 g/mol. The highest BCUT2D eigenvalue weighted by molar-refractivity contribution is 8.18. The highest BCUT2D eigenvalue weighted by Crippen LogP contribution is 2.35. The van der Waals surface area contributed by atoms with Crippen molar-refractivity contribution in [3.63, 3.8) is 0 Å². The normalized spacial score (nSPS) is 18.2. The van der Waals surface area contributed by atoms with Gasteiger partial charge < -0.3 is 4.74 Å². The van der Waals surface area contributed by atoms with Crippen molar-refractivity contribution in [1.82, 2.24) is 4.90 Å². The molecule has 2 rings (SSSR count). The van der Waals surface area contributed by atoms with Crippen molar-refractivity contribution in [3.8, 4) is 0 Å². The second kappa shape index (κ2) is 6.68. The molecule has 9 heteroatoms. The Hall–Kier alpha value is -2.29. The fraction of sp³-hybridized carbons (Fsp3) is 0.267. The van der Waals surface area contributed by atoms with Crippen LogP contribution >= 0.6 is 11.8 Å². The molecule has 1 atom stereocenters. The molecular formula is C15H12F3NO4S. The van der Waals surface area contributed by atoms with Gasteiger partial charge in [0.1, 0.15) is 6.04 Å². The molecule has 0 unspecified atom stereocenters. The van der Waals surface area contributed by atoms with Gasteiger partial charge in [0.25, 0.3) is 11.1 Å². The van der Waals surface area contributed by atoms with Crippen LogP contribution in [0.2, 0.25) is 0 Å². The second-order valence-corrected chi connectivity index (χ2v) is 5.87. The van der Waals surface area contributed by atoms with Crippen molar-refractivity contribution in [2.75, 3.05) is 7.11 Å². The quantitative estimate of drug-likeness (QED) is 0.612. The zero-order valence-corrected chi connectivity index (χ0v) is 13.4. The number of thioether (sulfide) groups is 1. The molecule has 0 radical (unpaired) electrons. The molecule has 24 heavy (non-hydrogen) atoms. The van der Waals surface area contributed by atoms with E-state index >= 15 is 0 Å². The zero-order valence-electron chi connectivity index (χ0n) is 12.6. The molecule has 1 aliphatic rings. The van der Waals surface area contributed by atoms with E-state index in [4.69, 9.17) is 0 Å². The summed E-state index contributed by atoms with van der Waals surface area (Å²) in [6.45, 7) is 1.33. The number of alkyl halides is 3. The lowest BCUT2D eigenvalue weighted by Gasteiger charge is -2.18. The van der Waals surface area contributed by atoms with E-state index in [-0.39, 0.29) is 10.5 Å². The number of halogens is 3. The van der Waals surface area contributed by atoms with E-state index in [1.165, 1.54) is 25.1 Å². The van der Waals surface area contributed by atoms with Crippen LogP contribution in [0.1, 0.15) is 18.1 Å². The summed E-state index contributed by atoms with van der Waals surface area (Å²) in [4.78, 5) is 36.3. The van der Waals surface area contributed by atoms with Crippen molar-refractivity contribution in [2.24, 2.45) is 0 Å². The van der Waals surface area contributed by atoms with Crippen molar-refractivity contribution in [1.29, 1.82) is 0 Å². The van der Waals surface area contributed by atoms with E-state index < -0.39 is 34.9 Å². The van der Waals surface area contributed by atoms with Crippen molar-refractivity contribution in [2.45, 2.75) is 19.1 Å². The zero-order chi connectivity index (χ0) is 18.1. The monoisotopic (exact) mass is 359 g/mol. The molecule has 0 N–H and O–H groups in total. The lowest BCUT2D eigenvalue weighted by molar-refractivity contribution is -0.148. The first-order chi connectivity index (χ1) is 11.1. The van der Waals surface area contributed by atoms with E-state index in [0.29, 0.717) is 11.8 Å². The molecule has 0 saturated carbocycles. The van der Waals surface area contributed by atoms with Gasteiger partial charge in [0.05, 0.1) is 17.6 Å². The Morgan fingerprint density at radius 2 is 2.00 bits per heavy atom. The molecule has 1 fully saturated rings. The summed E-state index contributed by atoms with van der Waals surface area (Å²) in [5.41, 5.74) is -0.737. The van der Waals surface area contributed by atoms with Gasteiger partial charge in [-0.3, -0.25) is 14.5 Å². The van der Waals surface area contributed by atoms with Gasteiger partial charge in [-0.2, -0.15) is 13.2 Å². The summed E-state index contributed by atoms with van der Waals surface area (Å²) in [6.07, 6.45) is -3.33. The van der Waals surface area contributed by atoms with Crippen LogP contribution in [0.5, 0.6) is 0 Å². The highest BCUT2D eigenvalue weighted by atomic mass is 32.2. The standard InChI is InChI=1S/C15H12F3NO4S/c1-8(13(21)23-2)19-12(20)11(24-14(19)22)7-9-4-3-5-10(6-9)15(16,17)18/h3-8H,1-2H3/b11-7+/t8-/m1/s1. The molecule has 1 heterocycles. The van der Waals surface area contributed by atoms with Gasteiger partial charge >= 0.3 is 12.1 Å². The van der Waals surface area contributed by atoms with Crippen LogP contribution in [0.15, 0.2) is 29.2 Å². The van der Waals surface area contributed by atoms with Gasteiger partial charge in [-0.15, -0.1) is 0 Å². The maximum absolute atomic E-state index is 12.7. The average Bonchev–Trinajstić information content (AvgIpc) is 2.79. The number of nitrogens with zero attached hydrogens (tertiary/aromatic N) is 1. The number of carbonyl (C=O) groups excluding carboxylic acids is 3. The third-order valence-electron chi connectivity index (χ3n) is 3.26. The van der Waals surface area contributed by atoms with Crippen LogP contribution in [0.4, 0.5) is 18.0 Å². The number of rotatable bonds is 3. The summed E-state index contributed by atoms with van der Waals surface area (Å²) >= 11 is 0.556. The fourth-order valence-corrected chi connectivity index (χ4v) is 2.95. The minimum Gasteiger partial charge on any atom is -0.467 e. The first-order valence-electron chi connectivity index (χ1n) is 6.67. The minimum atomic E-state index is -4.51. The van der Waals surface area contributed by atoms with Crippen LogP contribution in [-0.4, -0.2) is 35.2 Å². The van der Waals surface area contributed by atoms with Crippen LogP contribution in [0, 0.1) is 0 Å². The van der Waals surface area contributed by atoms with Gasteiger partial charge in [0.15, 0.2) is 0 Å². The number of imide groups is 1. The number of methoxy groups -OCH3 is 1. The number of benzene rings is 1. The van der Waals surface area contributed by atoms with Crippen LogP contribution in [0.3, 0.4) is 0 Å². The van der Waals surface area contributed by atoms with Gasteiger partial charge in [-0.1, -0.05) is 12.1 Å². The third-order valence-corrected chi connectivity index (χ3v) is 4.15. The molecule has 0 spiro atoms. The smallest absolute Gasteiger partial charge is 0.416 e. The average molecular weight is 359 g/mol. The van der Waals surface area contributed by atoms with Crippen LogP contribution in [-0.2, 0) is 20.5 Å². The molecule has 128 valence electrons. The second-order valence-electron chi connectivity index (χ2n) is 4.87. The predicted molar refractivity (Wildman–Crippen MR) is 80.7 cm³/mol. The highest BCUT2D eigenvalue weighted by Gasteiger charge is 2.41. The maximum atomic E-state index is 12.7. The Kier molecular flexibility index (Phi) is 5.02. The third kappa shape index (κ3) is 3.61. The van der Waals surface area contributed by atoms with Gasteiger partial charge in [0.2, 0.25) is 0 Å². The van der Waals surface area contributed by atoms with E-state index in [1.54, 1.807) is 0 Å². The van der Waals surface area contributed by atoms with E-state index in [9.17, 15) is 27.6 Å². The topological polar surface area (TPSA) is 63.7 Å². The maximum Gasteiger partial charge on any atom is 0.416 e. The molecule has 2 amide bonds. The molecule has 1 aliphatic heterocycles. The van der Waals surface area contributed by atoms with Crippen molar-refractivity contribution < 1.29 is 32.3 Å². The molecule has 0 aromatic heterocycles. The number of esters is 1. The van der Waals surface area contributed by atoms with E-state index in [1.807, 2.05) is 0 Å². The number of ether oxygens (including phenoxy) is 1. The molecule has 0 bridgehead atoms. The van der Waals surface area contributed by atoms with Crippen molar-refractivity contribution >= 4 is 35.0 Å². The van der Waals surface area contributed by atoms with Gasteiger partial charge in [-0.25, -0.2) is 4.79 Å². The van der Waals surface area contributed by atoms with Crippen LogP contribution < -0.4 is 0 Å². The number of carbonyl (C=O) groups is 3. The number of hydrogen-bond donors (Lipinski definition) is 0. The Labute approximate surface area is 139 Å². The Morgan fingerprint density at radius 1 is 1.33 bits per heavy atom. The summed E-state index contributed by atoms with van der Waals surface area (Å²) in [5.74, 6) is -1.52. The SMILES string of the molecule is COC(=O)[C@@H](C)N1C(=O)S/C(=C/c2cccc(C(F)(F)F)c2)C1=O. The predicted octanol–water partition coefficient (Wildman–Crippen LogP) is 3.30. The van der Waals surface area contributed by atoms with Gasteiger partial charge in [0, 0.05) is 0 Å². The fourth-order valence-electron chi connectivity index (χ4n) is 2.05. The summed E-state index contributed by atoms with van der Waals surface area (Å²) < 4.78 is 42.6. The molecule has 1 saturated heterocycles. The Bertz CT molecular complexity index is 730. The van der Waals surface area contributed by atoms with E-state index in [0.717, 1.165) is 24.1 Å². The number of hydrogen-bond acceptors (Lipinski definition) is 5. The first kappa shape index (κ1) is 18.1. The largest absolute Gasteiger partial charge is 0.467 e. The minimum absolute atomic E-state index is 0.0601. The summed E-state index contributed by atoms with van der Waals surface area (Å²) in [7, 11) is 1.12. The summed E-state index contributed by atoms with van der Waals surface area (Å²) in [5, 5.41) is -0.684. The molecule has 1 aromatic carbocycles. The van der Waals surface area contributed by atoms with Gasteiger partial charge in [-0.05, 0) is 42.5 Å². The van der Waals surface area contributed by atoms with Crippen molar-refractivity contribution in [3.05, 3.63) is 40.3 Å². The number of amides is 2. The molecule has 1 aromatic rings. The Morgan fingerprint density at radius 3 is 2.58 bits per heavy atom.